The summed E-state index contributed by atoms with van der Waals surface area (Å²) in [6.45, 7) is 4.12. The minimum absolute atomic E-state index is 0.209. The standard InChI is InChI=1S/C19H15ClFN3.C4H4O4/c1-13(2)19-23-16(6-3-14-9-10-22-18(20)11-14)12-24(19)17-7-4-15(21)5-8-17;5-3(6)1-2-4(7)8/h4-5,7-13H,1-2H3;1-2H,(H,5,6)(H,7,8). The highest BCUT2D eigenvalue weighted by Gasteiger charge is 2.12. The largest absolute Gasteiger partial charge is 0.478 e. The molecule has 2 N–H and O–H groups in total. The van der Waals surface area contributed by atoms with Crippen LogP contribution < -0.4 is 0 Å². The van der Waals surface area contributed by atoms with Crippen LogP contribution in [0.15, 0.2) is 60.9 Å². The minimum atomic E-state index is -1.26. The van der Waals surface area contributed by atoms with Gasteiger partial charge in [-0.25, -0.2) is 23.9 Å². The quantitative estimate of drug-likeness (QED) is 0.345. The van der Waals surface area contributed by atoms with Gasteiger partial charge in [0.25, 0.3) is 0 Å². The van der Waals surface area contributed by atoms with Crippen molar-refractivity contribution in [3.05, 3.63) is 89.0 Å². The number of hydrogen-bond acceptors (Lipinski definition) is 4. The van der Waals surface area contributed by atoms with Gasteiger partial charge in [0.2, 0.25) is 0 Å². The zero-order valence-corrected chi connectivity index (χ0v) is 17.9. The van der Waals surface area contributed by atoms with Crippen molar-refractivity contribution in [3.8, 4) is 17.5 Å². The summed E-state index contributed by atoms with van der Waals surface area (Å²) < 4.78 is 15.1. The highest BCUT2D eigenvalue weighted by atomic mass is 35.5. The van der Waals surface area contributed by atoms with Gasteiger partial charge >= 0.3 is 11.9 Å². The fraction of sp³-hybridized carbons (Fsp3) is 0.130. The fourth-order valence-corrected chi connectivity index (χ4v) is 2.60. The van der Waals surface area contributed by atoms with E-state index in [0.29, 0.717) is 23.0 Å². The summed E-state index contributed by atoms with van der Waals surface area (Å²) in [5, 5.41) is 16.0. The molecule has 3 rings (SSSR count). The Balaban J connectivity index is 0.000000390. The molecule has 0 aliphatic rings. The molecule has 32 heavy (non-hydrogen) atoms. The summed E-state index contributed by atoms with van der Waals surface area (Å²) in [5.41, 5.74) is 2.28. The van der Waals surface area contributed by atoms with Crippen molar-refractivity contribution in [2.45, 2.75) is 19.8 Å². The van der Waals surface area contributed by atoms with Crippen LogP contribution in [0, 0.1) is 17.7 Å². The van der Waals surface area contributed by atoms with Crippen molar-refractivity contribution in [3.63, 3.8) is 0 Å². The van der Waals surface area contributed by atoms with Crippen LogP contribution in [0.5, 0.6) is 0 Å². The number of carbonyl (C=O) groups is 2. The first-order valence-corrected chi connectivity index (χ1v) is 9.66. The van der Waals surface area contributed by atoms with E-state index in [2.05, 4.69) is 35.7 Å². The molecule has 3 aromatic rings. The summed E-state index contributed by atoms with van der Waals surface area (Å²) in [6, 6.07) is 9.81. The van der Waals surface area contributed by atoms with Crippen LogP contribution >= 0.6 is 11.6 Å². The molecule has 0 atom stereocenters. The van der Waals surface area contributed by atoms with E-state index < -0.39 is 11.9 Å². The second-order valence-corrected chi connectivity index (χ2v) is 7.00. The molecule has 164 valence electrons. The Kier molecular flexibility index (Phi) is 8.69. The number of rotatable bonds is 4. The second kappa shape index (κ2) is 11.4. The SMILES string of the molecule is CC(C)c1nc(C#Cc2ccnc(Cl)c2)cn1-c1ccc(F)cc1.O=C(O)C=CC(=O)O. The molecule has 0 bridgehead atoms. The molecule has 0 aliphatic heterocycles. The van der Waals surface area contributed by atoms with Crippen LogP contribution in [0.3, 0.4) is 0 Å². The van der Waals surface area contributed by atoms with E-state index in [1.54, 1.807) is 30.5 Å². The molecule has 0 spiro atoms. The highest BCUT2D eigenvalue weighted by Crippen LogP contribution is 2.20. The number of nitrogens with zero attached hydrogens (tertiary/aromatic N) is 3. The maximum atomic E-state index is 13.1. The Bertz CT molecular complexity index is 1180. The van der Waals surface area contributed by atoms with Crippen LogP contribution in [0.25, 0.3) is 5.69 Å². The van der Waals surface area contributed by atoms with E-state index in [1.165, 1.54) is 12.1 Å². The van der Waals surface area contributed by atoms with Crippen LogP contribution in [0.1, 0.15) is 36.8 Å². The van der Waals surface area contributed by atoms with Crippen molar-refractivity contribution in [1.29, 1.82) is 0 Å². The molecule has 0 unspecified atom stereocenters. The molecule has 0 radical (unpaired) electrons. The summed E-state index contributed by atoms with van der Waals surface area (Å²) in [4.78, 5) is 27.6. The predicted molar refractivity (Wildman–Crippen MR) is 117 cm³/mol. The zero-order chi connectivity index (χ0) is 23.7. The number of aromatic nitrogens is 3. The first kappa shape index (κ1) is 24.3. The summed E-state index contributed by atoms with van der Waals surface area (Å²) in [7, 11) is 0. The molecule has 9 heteroatoms. The molecule has 0 saturated carbocycles. The van der Waals surface area contributed by atoms with E-state index in [-0.39, 0.29) is 11.7 Å². The van der Waals surface area contributed by atoms with Gasteiger partial charge in [-0.3, -0.25) is 0 Å². The third kappa shape index (κ3) is 7.70. The van der Waals surface area contributed by atoms with Gasteiger partial charge in [-0.2, -0.15) is 0 Å². The fourth-order valence-electron chi connectivity index (χ4n) is 2.43. The van der Waals surface area contributed by atoms with Gasteiger partial charge in [0, 0.05) is 41.7 Å². The highest BCUT2D eigenvalue weighted by molar-refractivity contribution is 6.29. The van der Waals surface area contributed by atoms with Gasteiger partial charge in [-0.15, -0.1) is 0 Å². The lowest BCUT2D eigenvalue weighted by Crippen LogP contribution is -2.02. The van der Waals surface area contributed by atoms with Crippen LogP contribution in [-0.2, 0) is 9.59 Å². The van der Waals surface area contributed by atoms with Gasteiger partial charge in [0.05, 0.1) is 0 Å². The Morgan fingerprint density at radius 2 is 1.72 bits per heavy atom. The van der Waals surface area contributed by atoms with E-state index in [9.17, 15) is 14.0 Å². The average Bonchev–Trinajstić information content (AvgIpc) is 3.17. The summed E-state index contributed by atoms with van der Waals surface area (Å²) in [6.07, 6.45) is 4.59. The number of benzene rings is 1. The second-order valence-electron chi connectivity index (χ2n) is 6.61. The first-order valence-electron chi connectivity index (χ1n) is 9.28. The summed E-state index contributed by atoms with van der Waals surface area (Å²) >= 11 is 5.86. The number of carboxylic acids is 2. The third-order valence-electron chi connectivity index (χ3n) is 3.78. The molecular formula is C23H19ClFN3O4. The smallest absolute Gasteiger partial charge is 0.328 e. The van der Waals surface area contributed by atoms with Gasteiger partial charge < -0.3 is 14.8 Å². The lowest BCUT2D eigenvalue weighted by atomic mass is 10.2. The molecule has 0 fully saturated rings. The van der Waals surface area contributed by atoms with Crippen LogP contribution in [0.2, 0.25) is 5.15 Å². The molecule has 7 nitrogen and oxygen atoms in total. The Hall–Kier alpha value is -3.96. The van der Waals surface area contributed by atoms with Gasteiger partial charge in [-0.1, -0.05) is 31.4 Å². The van der Waals surface area contributed by atoms with Crippen LogP contribution in [0.4, 0.5) is 4.39 Å². The predicted octanol–water partition coefficient (Wildman–Crippen LogP) is 4.29. The Morgan fingerprint density at radius 1 is 1.09 bits per heavy atom. The summed E-state index contributed by atoms with van der Waals surface area (Å²) in [5.74, 6) is 4.38. The molecular weight excluding hydrogens is 437 g/mol. The number of hydrogen-bond donors (Lipinski definition) is 2. The number of halogens is 2. The van der Waals surface area contributed by atoms with E-state index in [0.717, 1.165) is 17.1 Å². The van der Waals surface area contributed by atoms with Crippen molar-refractivity contribution in [2.75, 3.05) is 0 Å². The van der Waals surface area contributed by atoms with Crippen molar-refractivity contribution < 1.29 is 24.2 Å². The monoisotopic (exact) mass is 455 g/mol. The maximum absolute atomic E-state index is 13.1. The van der Waals surface area contributed by atoms with Crippen molar-refractivity contribution in [2.24, 2.45) is 0 Å². The van der Waals surface area contributed by atoms with Gasteiger partial charge in [0.15, 0.2) is 0 Å². The van der Waals surface area contributed by atoms with E-state index in [4.69, 9.17) is 21.8 Å². The Morgan fingerprint density at radius 3 is 2.25 bits per heavy atom. The Labute approximate surface area is 188 Å². The topological polar surface area (TPSA) is 105 Å². The molecule has 0 amide bonds. The number of pyridine rings is 1. The van der Waals surface area contributed by atoms with Gasteiger partial charge in [0.1, 0.15) is 22.5 Å². The van der Waals surface area contributed by atoms with Gasteiger partial charge in [-0.05, 0) is 42.3 Å². The number of carboxylic acid groups (broad SMARTS) is 2. The molecule has 1 aromatic carbocycles. The molecule has 0 saturated heterocycles. The maximum Gasteiger partial charge on any atom is 0.328 e. The molecule has 2 heterocycles. The van der Waals surface area contributed by atoms with E-state index >= 15 is 0 Å². The number of imidazole rings is 1. The average molecular weight is 456 g/mol. The lowest BCUT2D eigenvalue weighted by Gasteiger charge is -2.09. The number of aliphatic carboxylic acids is 2. The molecule has 0 aliphatic carbocycles. The minimum Gasteiger partial charge on any atom is -0.478 e. The third-order valence-corrected chi connectivity index (χ3v) is 3.99. The first-order chi connectivity index (χ1) is 15.2. The zero-order valence-electron chi connectivity index (χ0n) is 17.2. The van der Waals surface area contributed by atoms with Crippen molar-refractivity contribution >= 4 is 23.5 Å². The van der Waals surface area contributed by atoms with E-state index in [1.807, 2.05) is 10.8 Å². The normalized spacial score (nSPS) is 10.3. The van der Waals surface area contributed by atoms with Crippen molar-refractivity contribution in [1.82, 2.24) is 14.5 Å². The van der Waals surface area contributed by atoms with Crippen LogP contribution in [-0.4, -0.2) is 36.7 Å². The molecule has 2 aromatic heterocycles. The lowest BCUT2D eigenvalue weighted by molar-refractivity contribution is -0.134.